The minimum absolute atomic E-state index is 0.0963. The lowest BCUT2D eigenvalue weighted by molar-refractivity contribution is -0.122. The summed E-state index contributed by atoms with van der Waals surface area (Å²) in [6.07, 6.45) is 2.47. The van der Waals surface area contributed by atoms with Gasteiger partial charge in [0.1, 0.15) is 12.3 Å². The highest BCUT2D eigenvalue weighted by atomic mass is 16.5. The molecule has 5 nitrogen and oxygen atoms in total. The third-order valence-corrected chi connectivity index (χ3v) is 4.22. The molecule has 3 aromatic rings. The van der Waals surface area contributed by atoms with Crippen molar-refractivity contribution >= 4 is 16.8 Å². The number of aliphatic hydroxyl groups excluding tert-OH is 1. The molecular formula is C20H22N2O3. The van der Waals surface area contributed by atoms with Gasteiger partial charge in [-0.1, -0.05) is 36.4 Å². The average molecular weight is 338 g/mol. The van der Waals surface area contributed by atoms with Crippen LogP contribution in [0.2, 0.25) is 0 Å². The van der Waals surface area contributed by atoms with E-state index in [-0.39, 0.29) is 25.1 Å². The zero-order chi connectivity index (χ0) is 17.6. The lowest BCUT2D eigenvalue weighted by Gasteiger charge is -2.17. The summed E-state index contributed by atoms with van der Waals surface area (Å²) in [7, 11) is 1.63. The molecule has 0 radical (unpaired) electrons. The van der Waals surface area contributed by atoms with Crippen molar-refractivity contribution in [2.24, 2.45) is 0 Å². The molecule has 0 bridgehead atoms. The molecule has 0 fully saturated rings. The summed E-state index contributed by atoms with van der Waals surface area (Å²) in [6, 6.07) is 17.2. The van der Waals surface area contributed by atoms with E-state index in [4.69, 9.17) is 4.74 Å². The van der Waals surface area contributed by atoms with Crippen LogP contribution in [0.25, 0.3) is 10.9 Å². The summed E-state index contributed by atoms with van der Waals surface area (Å²) >= 11 is 0. The van der Waals surface area contributed by atoms with Crippen molar-refractivity contribution in [1.82, 2.24) is 9.88 Å². The fourth-order valence-corrected chi connectivity index (χ4v) is 3.00. The predicted molar refractivity (Wildman–Crippen MR) is 97.7 cm³/mol. The van der Waals surface area contributed by atoms with Gasteiger partial charge in [0.25, 0.3) is 0 Å². The minimum Gasteiger partial charge on any atom is -0.496 e. The number of nitrogens with one attached hydrogen (secondary N) is 1. The van der Waals surface area contributed by atoms with Crippen LogP contribution in [-0.4, -0.2) is 35.3 Å². The molecular weight excluding hydrogens is 316 g/mol. The third-order valence-electron chi connectivity index (χ3n) is 4.22. The Kier molecular flexibility index (Phi) is 5.36. The van der Waals surface area contributed by atoms with Gasteiger partial charge in [-0.05, 0) is 30.2 Å². The number of methoxy groups -OCH3 is 1. The van der Waals surface area contributed by atoms with E-state index in [1.165, 1.54) is 0 Å². The van der Waals surface area contributed by atoms with Crippen molar-refractivity contribution < 1.29 is 14.6 Å². The van der Waals surface area contributed by atoms with Crippen LogP contribution in [0.4, 0.5) is 0 Å². The molecule has 1 amide bonds. The van der Waals surface area contributed by atoms with Crippen LogP contribution in [0, 0.1) is 0 Å². The van der Waals surface area contributed by atoms with Gasteiger partial charge >= 0.3 is 0 Å². The van der Waals surface area contributed by atoms with E-state index in [0.717, 1.165) is 22.2 Å². The van der Waals surface area contributed by atoms with E-state index >= 15 is 0 Å². The Morgan fingerprint density at radius 3 is 2.68 bits per heavy atom. The highest BCUT2D eigenvalue weighted by molar-refractivity contribution is 5.88. The summed E-state index contributed by atoms with van der Waals surface area (Å²) in [4.78, 5) is 12.4. The summed E-state index contributed by atoms with van der Waals surface area (Å²) in [5.41, 5.74) is 2.02. The van der Waals surface area contributed by atoms with Gasteiger partial charge in [-0.25, -0.2) is 0 Å². The number of ether oxygens (including phenoxy) is 1. The molecule has 0 spiro atoms. The fourth-order valence-electron chi connectivity index (χ4n) is 3.00. The smallest absolute Gasteiger partial charge is 0.240 e. The molecule has 0 aliphatic carbocycles. The maximum absolute atomic E-state index is 12.4. The zero-order valence-electron chi connectivity index (χ0n) is 14.2. The van der Waals surface area contributed by atoms with Crippen LogP contribution in [0.1, 0.15) is 5.56 Å². The number of aliphatic hydroxyl groups is 1. The lowest BCUT2D eigenvalue weighted by atomic mass is 10.1. The summed E-state index contributed by atoms with van der Waals surface area (Å²) in [6.45, 7) is 0.100. The Hall–Kier alpha value is -2.79. The van der Waals surface area contributed by atoms with Crippen molar-refractivity contribution in [3.05, 3.63) is 66.4 Å². The molecule has 25 heavy (non-hydrogen) atoms. The number of aromatic nitrogens is 1. The molecule has 1 atom stereocenters. The summed E-state index contributed by atoms with van der Waals surface area (Å²) < 4.78 is 7.23. The first-order chi connectivity index (χ1) is 12.2. The summed E-state index contributed by atoms with van der Waals surface area (Å²) in [5, 5.41) is 13.4. The molecule has 0 aliphatic rings. The van der Waals surface area contributed by atoms with Crippen LogP contribution < -0.4 is 10.1 Å². The van der Waals surface area contributed by atoms with Crippen molar-refractivity contribution in [3.63, 3.8) is 0 Å². The average Bonchev–Trinajstić information content (AvgIpc) is 3.05. The Labute approximate surface area is 146 Å². The molecule has 130 valence electrons. The number of fused-ring (bicyclic) bond motifs is 1. The zero-order valence-corrected chi connectivity index (χ0v) is 14.2. The molecule has 2 aromatic carbocycles. The van der Waals surface area contributed by atoms with E-state index in [1.54, 1.807) is 7.11 Å². The second-order valence-corrected chi connectivity index (χ2v) is 5.97. The van der Waals surface area contributed by atoms with Gasteiger partial charge < -0.3 is 19.7 Å². The van der Waals surface area contributed by atoms with Crippen LogP contribution in [0.15, 0.2) is 60.8 Å². The number of carbonyl (C=O) groups is 1. The molecule has 0 aliphatic heterocycles. The van der Waals surface area contributed by atoms with Crippen molar-refractivity contribution in [2.75, 3.05) is 13.7 Å². The monoisotopic (exact) mass is 338 g/mol. The van der Waals surface area contributed by atoms with Crippen LogP contribution in [0.5, 0.6) is 5.75 Å². The second-order valence-electron chi connectivity index (χ2n) is 5.97. The number of carbonyl (C=O) groups excluding carboxylic acids is 1. The van der Waals surface area contributed by atoms with Crippen LogP contribution >= 0.6 is 0 Å². The second kappa shape index (κ2) is 7.85. The molecule has 1 heterocycles. The van der Waals surface area contributed by atoms with E-state index in [9.17, 15) is 9.90 Å². The van der Waals surface area contributed by atoms with Gasteiger partial charge in [-0.2, -0.15) is 0 Å². The quantitative estimate of drug-likeness (QED) is 0.695. The van der Waals surface area contributed by atoms with Gasteiger partial charge in [0.2, 0.25) is 5.91 Å². The predicted octanol–water partition coefficient (Wildman–Crippen LogP) is 2.37. The van der Waals surface area contributed by atoms with Crippen molar-refractivity contribution in [1.29, 1.82) is 0 Å². The highest BCUT2D eigenvalue weighted by Crippen LogP contribution is 2.26. The minimum atomic E-state index is -0.300. The fraction of sp³-hybridized carbons (Fsp3) is 0.250. The Morgan fingerprint density at radius 2 is 1.96 bits per heavy atom. The number of benzene rings is 2. The first-order valence-electron chi connectivity index (χ1n) is 8.27. The van der Waals surface area contributed by atoms with E-state index in [0.29, 0.717) is 6.42 Å². The van der Waals surface area contributed by atoms with Crippen LogP contribution in [0.3, 0.4) is 0 Å². The van der Waals surface area contributed by atoms with Crippen LogP contribution in [-0.2, 0) is 17.8 Å². The molecule has 5 heteroatoms. The van der Waals surface area contributed by atoms with Gasteiger partial charge in [0.15, 0.2) is 0 Å². The number of amides is 1. The third kappa shape index (κ3) is 4.00. The van der Waals surface area contributed by atoms with Crippen molar-refractivity contribution in [3.8, 4) is 5.75 Å². The first-order valence-corrected chi connectivity index (χ1v) is 8.27. The molecule has 1 aromatic heterocycles. The summed E-state index contributed by atoms with van der Waals surface area (Å²) in [5.74, 6) is 0.657. The Bertz CT molecular complexity index is 843. The topological polar surface area (TPSA) is 63.5 Å². The number of rotatable bonds is 7. The maximum Gasteiger partial charge on any atom is 0.240 e. The highest BCUT2D eigenvalue weighted by Gasteiger charge is 2.14. The molecule has 0 saturated heterocycles. The van der Waals surface area contributed by atoms with E-state index in [1.807, 2.05) is 65.4 Å². The maximum atomic E-state index is 12.4. The molecule has 0 saturated carbocycles. The standard InChI is InChI=1S/C20H22N2O3/c1-25-19-9-5-8-18-17(19)10-11-22(18)13-20(24)21-16(14-23)12-15-6-3-2-4-7-15/h2-11,16,23H,12-14H2,1H3,(H,21,24)/t16-/m1/s1. The van der Waals surface area contributed by atoms with Gasteiger partial charge in [-0.3, -0.25) is 4.79 Å². The van der Waals surface area contributed by atoms with E-state index in [2.05, 4.69) is 5.32 Å². The number of hydrogen-bond acceptors (Lipinski definition) is 3. The Balaban J connectivity index is 1.67. The first kappa shape index (κ1) is 17.0. The van der Waals surface area contributed by atoms with Gasteiger partial charge in [0, 0.05) is 11.6 Å². The Morgan fingerprint density at radius 1 is 1.16 bits per heavy atom. The number of nitrogens with zero attached hydrogens (tertiary/aromatic N) is 1. The molecule has 2 N–H and O–H groups in total. The molecule has 0 unspecified atom stereocenters. The normalized spacial score (nSPS) is 12.1. The SMILES string of the molecule is COc1cccc2c1ccn2CC(=O)N[C@@H](CO)Cc1ccccc1. The molecule has 3 rings (SSSR count). The van der Waals surface area contributed by atoms with E-state index < -0.39 is 0 Å². The number of hydrogen-bond donors (Lipinski definition) is 2. The largest absolute Gasteiger partial charge is 0.496 e. The van der Waals surface area contributed by atoms with Gasteiger partial charge in [0.05, 0.1) is 25.3 Å². The lowest BCUT2D eigenvalue weighted by Crippen LogP contribution is -2.40. The van der Waals surface area contributed by atoms with Gasteiger partial charge in [-0.15, -0.1) is 0 Å². The van der Waals surface area contributed by atoms with Crippen molar-refractivity contribution in [2.45, 2.75) is 19.0 Å².